The normalized spacial score (nSPS) is 16.8. The van der Waals surface area contributed by atoms with Crippen molar-refractivity contribution in [1.29, 1.82) is 0 Å². The number of carbonyl (C=O) groups excluding carboxylic acids is 1. The highest BCUT2D eigenvalue weighted by Crippen LogP contribution is 2.33. The van der Waals surface area contributed by atoms with E-state index in [1.165, 1.54) is 0 Å². The summed E-state index contributed by atoms with van der Waals surface area (Å²) in [6, 6.07) is 11.4. The Bertz CT molecular complexity index is 686. The third kappa shape index (κ3) is 3.42. The minimum atomic E-state index is -0.111. The van der Waals surface area contributed by atoms with E-state index >= 15 is 0 Å². The summed E-state index contributed by atoms with van der Waals surface area (Å²) in [5, 5.41) is 2.90. The van der Waals surface area contributed by atoms with Gasteiger partial charge in [0.05, 0.1) is 32.1 Å². The highest BCUT2D eigenvalue weighted by molar-refractivity contribution is 5.89. The van der Waals surface area contributed by atoms with E-state index in [4.69, 9.17) is 9.47 Å². The van der Waals surface area contributed by atoms with Crippen molar-refractivity contribution < 1.29 is 14.3 Å². The minimum Gasteiger partial charge on any atom is -0.497 e. The fourth-order valence-corrected chi connectivity index (χ4v) is 2.95. The van der Waals surface area contributed by atoms with Crippen molar-refractivity contribution in [1.82, 2.24) is 9.88 Å². The van der Waals surface area contributed by atoms with E-state index in [0.29, 0.717) is 11.6 Å². The van der Waals surface area contributed by atoms with Gasteiger partial charge in [-0.05, 0) is 36.6 Å². The Kier molecular flexibility index (Phi) is 4.84. The summed E-state index contributed by atoms with van der Waals surface area (Å²) in [5.74, 6) is 1.34. The second-order valence-corrected chi connectivity index (χ2v) is 5.64. The third-order valence-electron chi connectivity index (χ3n) is 4.21. The molecule has 0 saturated carbocycles. The van der Waals surface area contributed by atoms with Crippen molar-refractivity contribution in [2.75, 3.05) is 26.1 Å². The smallest absolute Gasteiger partial charge is 0.322 e. The van der Waals surface area contributed by atoms with Crippen molar-refractivity contribution in [3.8, 4) is 11.6 Å². The van der Waals surface area contributed by atoms with Gasteiger partial charge in [-0.25, -0.2) is 9.78 Å². The Morgan fingerprint density at radius 1 is 1.17 bits per heavy atom. The number of hydrogen-bond acceptors (Lipinski definition) is 4. The number of urea groups is 1. The Balaban J connectivity index is 1.70. The van der Waals surface area contributed by atoms with Gasteiger partial charge in [0.2, 0.25) is 5.88 Å². The molecule has 0 radical (unpaired) electrons. The molecule has 126 valence electrons. The molecule has 1 atom stereocenters. The number of ether oxygens (including phenoxy) is 2. The van der Waals surface area contributed by atoms with Crippen molar-refractivity contribution in [2.45, 2.75) is 18.9 Å². The summed E-state index contributed by atoms with van der Waals surface area (Å²) in [4.78, 5) is 18.6. The molecule has 1 aromatic carbocycles. The number of hydrogen-bond donors (Lipinski definition) is 1. The first-order valence-corrected chi connectivity index (χ1v) is 7.93. The van der Waals surface area contributed by atoms with Crippen LogP contribution in [-0.2, 0) is 0 Å². The molecule has 3 rings (SSSR count). The Morgan fingerprint density at radius 3 is 2.58 bits per heavy atom. The van der Waals surface area contributed by atoms with Gasteiger partial charge in [-0.15, -0.1) is 0 Å². The second kappa shape index (κ2) is 7.21. The first-order chi connectivity index (χ1) is 11.7. The third-order valence-corrected chi connectivity index (χ3v) is 4.21. The molecule has 1 aromatic heterocycles. The quantitative estimate of drug-likeness (QED) is 0.934. The van der Waals surface area contributed by atoms with Crippen LogP contribution in [0.2, 0.25) is 0 Å². The molecule has 1 unspecified atom stereocenters. The van der Waals surface area contributed by atoms with Gasteiger partial charge >= 0.3 is 6.03 Å². The average molecular weight is 327 g/mol. The summed E-state index contributed by atoms with van der Waals surface area (Å²) < 4.78 is 10.2. The number of pyridine rings is 1. The molecule has 1 fully saturated rings. The molecule has 2 aromatic rings. The van der Waals surface area contributed by atoms with Crippen LogP contribution in [0.3, 0.4) is 0 Å². The molecule has 24 heavy (non-hydrogen) atoms. The SMILES string of the molecule is COc1ccc(C2CCCN2C(=O)Nc2ccc(OC)nc2)cc1. The average Bonchev–Trinajstić information content (AvgIpc) is 3.12. The Morgan fingerprint density at radius 2 is 1.96 bits per heavy atom. The van der Waals surface area contributed by atoms with Crippen LogP contribution >= 0.6 is 0 Å². The minimum absolute atomic E-state index is 0.0853. The number of methoxy groups -OCH3 is 2. The zero-order valence-electron chi connectivity index (χ0n) is 13.9. The van der Waals surface area contributed by atoms with Gasteiger partial charge in [-0.3, -0.25) is 0 Å². The van der Waals surface area contributed by atoms with Crippen LogP contribution < -0.4 is 14.8 Å². The molecule has 1 aliphatic rings. The summed E-state index contributed by atoms with van der Waals surface area (Å²) in [6.45, 7) is 0.742. The summed E-state index contributed by atoms with van der Waals surface area (Å²) >= 11 is 0. The molecule has 0 spiro atoms. The number of nitrogens with one attached hydrogen (secondary N) is 1. The first kappa shape index (κ1) is 16.1. The molecule has 6 heteroatoms. The monoisotopic (exact) mass is 327 g/mol. The maximum Gasteiger partial charge on any atom is 0.322 e. The lowest BCUT2D eigenvalue weighted by Gasteiger charge is -2.25. The van der Waals surface area contributed by atoms with Gasteiger partial charge in [0.25, 0.3) is 0 Å². The number of likely N-dealkylation sites (tertiary alicyclic amines) is 1. The van der Waals surface area contributed by atoms with Crippen LogP contribution in [0, 0.1) is 0 Å². The van der Waals surface area contributed by atoms with E-state index in [-0.39, 0.29) is 12.1 Å². The summed E-state index contributed by atoms with van der Waals surface area (Å²) in [6.07, 6.45) is 3.54. The van der Waals surface area contributed by atoms with Gasteiger partial charge in [0.1, 0.15) is 5.75 Å². The summed E-state index contributed by atoms with van der Waals surface area (Å²) in [5.41, 5.74) is 1.78. The lowest BCUT2D eigenvalue weighted by Crippen LogP contribution is -2.34. The summed E-state index contributed by atoms with van der Waals surface area (Å²) in [7, 11) is 3.21. The van der Waals surface area contributed by atoms with Crippen LogP contribution in [0.5, 0.6) is 11.6 Å². The maximum absolute atomic E-state index is 12.6. The zero-order chi connectivity index (χ0) is 16.9. The van der Waals surface area contributed by atoms with E-state index in [9.17, 15) is 4.79 Å². The fraction of sp³-hybridized carbons (Fsp3) is 0.333. The molecule has 1 N–H and O–H groups in total. The van der Waals surface area contributed by atoms with Crippen LogP contribution in [0.25, 0.3) is 0 Å². The van der Waals surface area contributed by atoms with Gasteiger partial charge in [0.15, 0.2) is 0 Å². The number of aromatic nitrogens is 1. The van der Waals surface area contributed by atoms with Crippen molar-refractivity contribution in [3.63, 3.8) is 0 Å². The molecule has 1 aliphatic heterocycles. The molecule has 1 saturated heterocycles. The molecular formula is C18H21N3O3. The van der Waals surface area contributed by atoms with Gasteiger partial charge in [-0.1, -0.05) is 12.1 Å². The Hall–Kier alpha value is -2.76. The van der Waals surface area contributed by atoms with Crippen molar-refractivity contribution >= 4 is 11.7 Å². The number of benzene rings is 1. The van der Waals surface area contributed by atoms with E-state index < -0.39 is 0 Å². The number of anilines is 1. The van der Waals surface area contributed by atoms with E-state index in [1.807, 2.05) is 29.2 Å². The van der Waals surface area contributed by atoms with Gasteiger partial charge < -0.3 is 19.7 Å². The van der Waals surface area contributed by atoms with Crippen LogP contribution in [-0.4, -0.2) is 36.7 Å². The largest absolute Gasteiger partial charge is 0.497 e. The molecule has 0 aliphatic carbocycles. The highest BCUT2D eigenvalue weighted by Gasteiger charge is 2.30. The van der Waals surface area contributed by atoms with Crippen molar-refractivity contribution in [3.05, 3.63) is 48.2 Å². The lowest BCUT2D eigenvalue weighted by atomic mass is 10.0. The predicted octanol–water partition coefficient (Wildman–Crippen LogP) is 3.47. The Labute approximate surface area is 141 Å². The van der Waals surface area contributed by atoms with Gasteiger partial charge in [-0.2, -0.15) is 0 Å². The zero-order valence-corrected chi connectivity index (χ0v) is 13.9. The molecule has 0 bridgehead atoms. The number of carbonyl (C=O) groups is 1. The number of nitrogens with zero attached hydrogens (tertiary/aromatic N) is 2. The second-order valence-electron chi connectivity index (χ2n) is 5.64. The predicted molar refractivity (Wildman–Crippen MR) is 91.5 cm³/mol. The molecule has 6 nitrogen and oxygen atoms in total. The van der Waals surface area contributed by atoms with E-state index in [1.54, 1.807) is 32.5 Å². The van der Waals surface area contributed by atoms with Crippen LogP contribution in [0.1, 0.15) is 24.4 Å². The lowest BCUT2D eigenvalue weighted by molar-refractivity contribution is 0.207. The molecule has 2 amide bonds. The highest BCUT2D eigenvalue weighted by atomic mass is 16.5. The fourth-order valence-electron chi connectivity index (χ4n) is 2.95. The first-order valence-electron chi connectivity index (χ1n) is 7.93. The van der Waals surface area contributed by atoms with Gasteiger partial charge in [0, 0.05) is 12.6 Å². The molecular weight excluding hydrogens is 306 g/mol. The van der Waals surface area contributed by atoms with Crippen LogP contribution in [0.15, 0.2) is 42.6 Å². The number of amides is 2. The standard InChI is InChI=1S/C18H21N3O3/c1-23-15-8-5-13(6-9-15)16-4-3-11-21(16)18(22)20-14-7-10-17(24-2)19-12-14/h5-10,12,16H,3-4,11H2,1-2H3,(H,20,22). The number of rotatable bonds is 4. The maximum atomic E-state index is 12.6. The van der Waals surface area contributed by atoms with Crippen molar-refractivity contribution in [2.24, 2.45) is 0 Å². The van der Waals surface area contributed by atoms with Crippen LogP contribution in [0.4, 0.5) is 10.5 Å². The molecule has 2 heterocycles. The topological polar surface area (TPSA) is 63.7 Å². The van der Waals surface area contributed by atoms with E-state index in [2.05, 4.69) is 10.3 Å². The van der Waals surface area contributed by atoms with E-state index in [0.717, 1.165) is 30.7 Å².